The molecule has 0 aromatic heterocycles. The van der Waals surface area contributed by atoms with E-state index in [2.05, 4.69) is 5.32 Å². The third-order valence-corrected chi connectivity index (χ3v) is 3.25. The summed E-state index contributed by atoms with van der Waals surface area (Å²) < 4.78 is 23.9. The van der Waals surface area contributed by atoms with E-state index in [1.54, 1.807) is 13.8 Å². The van der Waals surface area contributed by atoms with Crippen molar-refractivity contribution in [3.63, 3.8) is 0 Å². The van der Waals surface area contributed by atoms with Crippen molar-refractivity contribution in [3.05, 3.63) is 0 Å². The number of carbonyl (C=O) groups excluding carboxylic acids is 1. The van der Waals surface area contributed by atoms with E-state index in [9.17, 15) is 13.2 Å². The molecule has 0 saturated carbocycles. The molecule has 1 unspecified atom stereocenters. The van der Waals surface area contributed by atoms with Gasteiger partial charge in [-0.1, -0.05) is 13.8 Å². The van der Waals surface area contributed by atoms with Gasteiger partial charge in [-0.25, -0.2) is 17.9 Å². The van der Waals surface area contributed by atoms with Gasteiger partial charge in [-0.05, 0) is 5.92 Å². The topological polar surface area (TPSA) is 75.3 Å². The average molecular weight is 178 g/mol. The molecule has 1 heterocycles. The van der Waals surface area contributed by atoms with Crippen molar-refractivity contribution in [3.8, 4) is 0 Å². The summed E-state index contributed by atoms with van der Waals surface area (Å²) in [6.45, 7) is 3.46. The van der Waals surface area contributed by atoms with Gasteiger partial charge in [0.25, 0.3) is 10.0 Å². The van der Waals surface area contributed by atoms with E-state index < -0.39 is 21.4 Å². The Balaban J connectivity index is 2.92. The summed E-state index contributed by atoms with van der Waals surface area (Å²) in [5.74, 6) is -0.112. The first kappa shape index (κ1) is 8.32. The molecule has 64 valence electrons. The van der Waals surface area contributed by atoms with Gasteiger partial charge in [0.1, 0.15) is 0 Å². The van der Waals surface area contributed by atoms with E-state index in [0.717, 1.165) is 0 Å². The van der Waals surface area contributed by atoms with E-state index >= 15 is 0 Å². The van der Waals surface area contributed by atoms with Crippen LogP contribution in [-0.4, -0.2) is 19.8 Å². The lowest BCUT2D eigenvalue weighted by atomic mass is 10.2. The van der Waals surface area contributed by atoms with Crippen LogP contribution in [0.5, 0.6) is 0 Å². The third kappa shape index (κ3) is 1.45. The van der Waals surface area contributed by atoms with Gasteiger partial charge in [0, 0.05) is 0 Å². The standard InChI is InChI=1S/C5H10N2O3S/c1-3(2)4-6-5(8)7-11(4,9)10/h3-4H,1-2H3,(H2,6,7,8). The molecule has 1 rings (SSSR count). The summed E-state index contributed by atoms with van der Waals surface area (Å²) in [5.41, 5.74) is 0. The van der Waals surface area contributed by atoms with Crippen LogP contribution in [0.1, 0.15) is 13.8 Å². The molecule has 6 heteroatoms. The highest BCUT2D eigenvalue weighted by molar-refractivity contribution is 7.91. The predicted octanol–water partition coefficient (Wildman–Crippen LogP) is -0.389. The monoisotopic (exact) mass is 178 g/mol. The zero-order valence-corrected chi connectivity index (χ0v) is 7.10. The normalized spacial score (nSPS) is 28.3. The zero-order chi connectivity index (χ0) is 8.65. The van der Waals surface area contributed by atoms with E-state index in [1.165, 1.54) is 0 Å². The number of nitrogens with one attached hydrogen (secondary N) is 2. The quantitative estimate of drug-likeness (QED) is 0.574. The first-order valence-electron chi connectivity index (χ1n) is 3.25. The van der Waals surface area contributed by atoms with Crippen LogP contribution in [0.25, 0.3) is 0 Å². The van der Waals surface area contributed by atoms with Gasteiger partial charge in [0.15, 0.2) is 5.37 Å². The van der Waals surface area contributed by atoms with Crippen LogP contribution >= 0.6 is 0 Å². The Labute approximate surface area is 65.2 Å². The maximum atomic E-state index is 11.0. The molecule has 1 fully saturated rings. The molecule has 2 N–H and O–H groups in total. The summed E-state index contributed by atoms with van der Waals surface area (Å²) in [7, 11) is -3.45. The first-order chi connectivity index (χ1) is 4.93. The zero-order valence-electron chi connectivity index (χ0n) is 6.29. The van der Waals surface area contributed by atoms with E-state index in [0.29, 0.717) is 0 Å². The first-order valence-corrected chi connectivity index (χ1v) is 4.80. The van der Waals surface area contributed by atoms with Crippen LogP contribution < -0.4 is 10.0 Å². The van der Waals surface area contributed by atoms with Crippen LogP contribution in [0.2, 0.25) is 0 Å². The van der Waals surface area contributed by atoms with E-state index in [4.69, 9.17) is 0 Å². The maximum absolute atomic E-state index is 11.0. The Hall–Kier alpha value is -0.780. The van der Waals surface area contributed by atoms with Crippen LogP contribution in [-0.2, 0) is 10.0 Å². The van der Waals surface area contributed by atoms with Crippen LogP contribution in [0.3, 0.4) is 0 Å². The number of hydrogen-bond acceptors (Lipinski definition) is 3. The molecular weight excluding hydrogens is 168 g/mol. The van der Waals surface area contributed by atoms with Gasteiger partial charge in [-0.15, -0.1) is 0 Å². The molecule has 0 radical (unpaired) electrons. The molecule has 0 aliphatic carbocycles. The molecule has 2 amide bonds. The minimum Gasteiger partial charge on any atom is -0.319 e. The lowest BCUT2D eigenvalue weighted by Crippen LogP contribution is -2.33. The van der Waals surface area contributed by atoms with Crippen molar-refractivity contribution in [2.75, 3.05) is 0 Å². The number of amides is 2. The molecule has 0 aromatic carbocycles. The fourth-order valence-corrected chi connectivity index (χ4v) is 2.38. The highest BCUT2D eigenvalue weighted by Crippen LogP contribution is 2.11. The molecule has 1 atom stereocenters. The highest BCUT2D eigenvalue weighted by Gasteiger charge is 2.37. The molecule has 11 heavy (non-hydrogen) atoms. The number of hydrogen-bond donors (Lipinski definition) is 2. The molecule has 5 nitrogen and oxygen atoms in total. The Morgan fingerprint density at radius 2 is 2.00 bits per heavy atom. The highest BCUT2D eigenvalue weighted by atomic mass is 32.2. The van der Waals surface area contributed by atoms with Crippen molar-refractivity contribution in [1.82, 2.24) is 10.0 Å². The largest absolute Gasteiger partial charge is 0.329 e. The van der Waals surface area contributed by atoms with Crippen LogP contribution in [0.15, 0.2) is 0 Å². The van der Waals surface area contributed by atoms with Gasteiger partial charge in [-0.3, -0.25) is 0 Å². The van der Waals surface area contributed by atoms with Crippen molar-refractivity contribution in [1.29, 1.82) is 0 Å². The Morgan fingerprint density at radius 3 is 2.18 bits per heavy atom. The number of urea groups is 1. The van der Waals surface area contributed by atoms with E-state index in [1.807, 2.05) is 4.72 Å². The molecule has 0 bridgehead atoms. The molecule has 1 aliphatic heterocycles. The Bertz CT molecular complexity index is 269. The van der Waals surface area contributed by atoms with Crippen molar-refractivity contribution >= 4 is 16.1 Å². The maximum Gasteiger partial charge on any atom is 0.329 e. The van der Waals surface area contributed by atoms with Gasteiger partial charge >= 0.3 is 6.03 Å². The molecule has 1 saturated heterocycles. The third-order valence-electron chi connectivity index (χ3n) is 1.45. The number of sulfonamides is 1. The van der Waals surface area contributed by atoms with Crippen molar-refractivity contribution in [2.45, 2.75) is 19.2 Å². The minimum absolute atomic E-state index is 0.112. The molecule has 0 aromatic rings. The van der Waals surface area contributed by atoms with Crippen molar-refractivity contribution in [2.24, 2.45) is 5.92 Å². The minimum atomic E-state index is -3.45. The Kier molecular flexibility index (Phi) is 1.79. The summed E-state index contributed by atoms with van der Waals surface area (Å²) >= 11 is 0. The second kappa shape index (κ2) is 2.37. The number of carbonyl (C=O) groups is 1. The van der Waals surface area contributed by atoms with Crippen LogP contribution in [0, 0.1) is 5.92 Å². The van der Waals surface area contributed by atoms with Gasteiger partial charge < -0.3 is 5.32 Å². The van der Waals surface area contributed by atoms with Gasteiger partial charge in [0.2, 0.25) is 0 Å². The molecule has 1 aliphatic rings. The molecular formula is C5H10N2O3S. The second-order valence-electron chi connectivity index (χ2n) is 2.79. The summed E-state index contributed by atoms with van der Waals surface area (Å²) in [4.78, 5) is 10.6. The SMILES string of the molecule is CC(C)C1NC(=O)NS1(=O)=O. The van der Waals surface area contributed by atoms with Crippen LogP contribution in [0.4, 0.5) is 4.79 Å². The predicted molar refractivity (Wildman–Crippen MR) is 39.2 cm³/mol. The lowest BCUT2D eigenvalue weighted by molar-refractivity contribution is 0.246. The second-order valence-corrected chi connectivity index (χ2v) is 4.59. The van der Waals surface area contributed by atoms with Gasteiger partial charge in [-0.2, -0.15) is 0 Å². The molecule has 0 spiro atoms. The summed E-state index contributed by atoms with van der Waals surface area (Å²) in [6, 6.07) is -0.635. The smallest absolute Gasteiger partial charge is 0.319 e. The fourth-order valence-electron chi connectivity index (χ4n) is 0.954. The fraction of sp³-hybridized carbons (Fsp3) is 0.800. The number of rotatable bonds is 1. The summed E-state index contributed by atoms with van der Waals surface area (Å²) in [5, 5.41) is 1.52. The Morgan fingerprint density at radius 1 is 1.45 bits per heavy atom. The van der Waals surface area contributed by atoms with Gasteiger partial charge in [0.05, 0.1) is 0 Å². The van der Waals surface area contributed by atoms with Crippen molar-refractivity contribution < 1.29 is 13.2 Å². The van der Waals surface area contributed by atoms with E-state index in [-0.39, 0.29) is 5.92 Å². The summed E-state index contributed by atoms with van der Waals surface area (Å²) in [6.07, 6.45) is 0. The lowest BCUT2D eigenvalue weighted by Gasteiger charge is -2.10. The average Bonchev–Trinajstić information content (AvgIpc) is 2.04.